The topological polar surface area (TPSA) is 99.1 Å². The van der Waals surface area contributed by atoms with Gasteiger partial charge in [-0.1, -0.05) is 132 Å². The lowest BCUT2D eigenvalue weighted by molar-refractivity contribution is -0.887. The van der Waals surface area contributed by atoms with Crippen molar-refractivity contribution in [2.24, 2.45) is 0 Å². The summed E-state index contributed by atoms with van der Waals surface area (Å²) in [6.45, 7) is 4.48. The van der Waals surface area contributed by atoms with Crippen molar-refractivity contribution in [3.8, 4) is 0 Å². The number of likely N-dealkylation sites (N-methyl/N-ethyl adjacent to an activating group) is 1. The Morgan fingerprint density at radius 2 is 1.07 bits per heavy atom. The number of carbonyl (C=O) groups excluding carboxylic acids is 2. The first-order chi connectivity index (χ1) is 26.1. The summed E-state index contributed by atoms with van der Waals surface area (Å²) in [4.78, 5) is 36.7. The van der Waals surface area contributed by atoms with Crippen LogP contribution in [-0.4, -0.2) is 80.6 Å². The van der Waals surface area contributed by atoms with Crippen molar-refractivity contribution in [3.63, 3.8) is 0 Å². The lowest BCUT2D eigenvalue weighted by Gasteiger charge is -2.31. The molecule has 0 rings (SSSR count). The Labute approximate surface area is 330 Å². The Hall–Kier alpha value is -3.23. The van der Waals surface area contributed by atoms with E-state index in [1.807, 2.05) is 27.2 Å². The summed E-state index contributed by atoms with van der Waals surface area (Å²) in [7, 11) is 5.49. The van der Waals surface area contributed by atoms with E-state index in [9.17, 15) is 19.5 Å². The molecule has 0 aliphatic heterocycles. The van der Waals surface area contributed by atoms with Gasteiger partial charge in [-0.3, -0.25) is 9.59 Å². The van der Waals surface area contributed by atoms with Crippen LogP contribution in [0.5, 0.6) is 0 Å². The first-order valence-corrected chi connectivity index (χ1v) is 21.0. The number of carbonyl (C=O) groups is 3. The van der Waals surface area contributed by atoms with Crippen molar-refractivity contribution < 1.29 is 38.2 Å². The van der Waals surface area contributed by atoms with Crippen LogP contribution in [0.4, 0.5) is 0 Å². The zero-order valence-electron chi connectivity index (χ0n) is 34.9. The van der Waals surface area contributed by atoms with Gasteiger partial charge in [0.25, 0.3) is 0 Å². The second-order valence-corrected chi connectivity index (χ2v) is 14.9. The fraction of sp³-hybridized carbons (Fsp3) is 0.674. The first-order valence-electron chi connectivity index (χ1n) is 21.0. The minimum atomic E-state index is -0.885. The van der Waals surface area contributed by atoms with E-state index in [2.05, 4.69) is 80.7 Å². The number of nitrogens with zero attached hydrogens (tertiary/aromatic N) is 1. The van der Waals surface area contributed by atoms with Crippen molar-refractivity contribution >= 4 is 17.9 Å². The summed E-state index contributed by atoms with van der Waals surface area (Å²) in [5, 5.41) is 9.58. The van der Waals surface area contributed by atoms with Gasteiger partial charge in [0, 0.05) is 19.3 Å². The van der Waals surface area contributed by atoms with Gasteiger partial charge >= 0.3 is 17.9 Å². The molecule has 2 atom stereocenters. The van der Waals surface area contributed by atoms with E-state index in [4.69, 9.17) is 14.2 Å². The Morgan fingerprint density at radius 3 is 1.63 bits per heavy atom. The Morgan fingerprint density at radius 1 is 0.574 bits per heavy atom. The maximum absolute atomic E-state index is 12.7. The molecular weight excluding hydrogens is 679 g/mol. The minimum Gasteiger partial charge on any atom is -0.477 e. The summed E-state index contributed by atoms with van der Waals surface area (Å²) in [6.07, 6.45) is 45.5. The van der Waals surface area contributed by atoms with E-state index in [0.29, 0.717) is 19.3 Å². The molecule has 0 aliphatic carbocycles. The Balaban J connectivity index is 4.28. The lowest BCUT2D eigenvalue weighted by atomic mass is 10.1. The van der Waals surface area contributed by atoms with Gasteiger partial charge in [0.15, 0.2) is 12.1 Å². The molecule has 54 heavy (non-hydrogen) atoms. The van der Waals surface area contributed by atoms with E-state index >= 15 is 0 Å². The largest absolute Gasteiger partial charge is 0.477 e. The number of hydrogen-bond donors (Lipinski definition) is 1. The standard InChI is InChI=1S/C46H77NO7/c1-6-8-10-12-14-15-16-17-18-19-20-21-22-23-24-25-26-27-28-29-31-33-35-37-45(49)54-42(40-52-39-38-43(46(50)51)47(3,4)5)41-53-44(48)36-34-32-30-13-11-9-7-2/h8,10,14-15,17-18,20-21,23-24,30,32,42-43H,6-7,9,11-13,16,19,22,25-29,31,33-41H2,1-5H3/p+1/b10-8+,15-14+,18-17+,21-20+,24-23+,32-30+. The molecule has 0 aliphatic rings. The number of carboxylic acid groups (broad SMARTS) is 1. The fourth-order valence-electron chi connectivity index (χ4n) is 5.60. The number of esters is 2. The van der Waals surface area contributed by atoms with Crippen molar-refractivity contribution in [3.05, 3.63) is 72.9 Å². The third-order valence-electron chi connectivity index (χ3n) is 8.85. The van der Waals surface area contributed by atoms with Crippen LogP contribution in [0, 0.1) is 0 Å². The fourth-order valence-corrected chi connectivity index (χ4v) is 5.60. The highest BCUT2D eigenvalue weighted by atomic mass is 16.6. The zero-order valence-corrected chi connectivity index (χ0v) is 34.9. The maximum atomic E-state index is 12.7. The molecule has 0 heterocycles. The molecule has 0 bridgehead atoms. The molecule has 0 aromatic rings. The molecule has 2 unspecified atom stereocenters. The normalized spacial score (nSPS) is 13.7. The molecule has 0 spiro atoms. The zero-order chi connectivity index (χ0) is 40.0. The molecule has 0 fully saturated rings. The van der Waals surface area contributed by atoms with Crippen LogP contribution < -0.4 is 0 Å². The smallest absolute Gasteiger partial charge is 0.362 e. The molecule has 0 saturated heterocycles. The number of carboxylic acids is 1. The number of ether oxygens (including phenoxy) is 3. The number of aliphatic carboxylic acids is 1. The summed E-state index contributed by atoms with van der Waals surface area (Å²) in [6, 6.07) is -0.622. The van der Waals surface area contributed by atoms with E-state index in [-0.39, 0.29) is 42.7 Å². The van der Waals surface area contributed by atoms with E-state index in [1.165, 1.54) is 32.1 Å². The summed E-state index contributed by atoms with van der Waals surface area (Å²) < 4.78 is 17.1. The van der Waals surface area contributed by atoms with Crippen molar-refractivity contribution in [2.45, 2.75) is 161 Å². The van der Waals surface area contributed by atoms with Gasteiger partial charge in [0.2, 0.25) is 0 Å². The highest BCUT2D eigenvalue weighted by molar-refractivity contribution is 5.72. The third kappa shape index (κ3) is 34.5. The summed E-state index contributed by atoms with van der Waals surface area (Å²) >= 11 is 0. The van der Waals surface area contributed by atoms with Crippen molar-refractivity contribution in [1.29, 1.82) is 0 Å². The Bertz CT molecular complexity index is 1110. The molecule has 8 nitrogen and oxygen atoms in total. The molecular formula is C46H78NO7+. The van der Waals surface area contributed by atoms with E-state index in [1.54, 1.807) is 0 Å². The van der Waals surface area contributed by atoms with Gasteiger partial charge in [0.1, 0.15) is 6.61 Å². The van der Waals surface area contributed by atoms with Crippen molar-refractivity contribution in [1.82, 2.24) is 0 Å². The van der Waals surface area contributed by atoms with Gasteiger partial charge in [-0.2, -0.15) is 0 Å². The van der Waals surface area contributed by atoms with Crippen LogP contribution in [0.2, 0.25) is 0 Å². The molecule has 0 aromatic carbocycles. The second-order valence-electron chi connectivity index (χ2n) is 14.9. The number of allylic oxidation sites excluding steroid dienone is 12. The third-order valence-corrected chi connectivity index (χ3v) is 8.85. The van der Waals surface area contributed by atoms with Crippen LogP contribution in [-0.2, 0) is 28.6 Å². The number of unbranched alkanes of at least 4 members (excludes halogenated alkanes) is 10. The predicted molar refractivity (Wildman–Crippen MR) is 224 cm³/mol. The van der Waals surface area contributed by atoms with Gasteiger partial charge in [-0.25, -0.2) is 4.79 Å². The molecule has 0 radical (unpaired) electrons. The first kappa shape index (κ1) is 50.8. The van der Waals surface area contributed by atoms with Crippen LogP contribution in [0.25, 0.3) is 0 Å². The molecule has 0 aromatic heterocycles. The highest BCUT2D eigenvalue weighted by Crippen LogP contribution is 2.13. The van der Waals surface area contributed by atoms with Crippen molar-refractivity contribution in [2.75, 3.05) is 41.0 Å². The minimum absolute atomic E-state index is 0.0411. The van der Waals surface area contributed by atoms with Gasteiger partial charge in [-0.15, -0.1) is 0 Å². The molecule has 1 N–H and O–H groups in total. The number of rotatable bonds is 36. The summed E-state index contributed by atoms with van der Waals surface area (Å²) in [5.41, 5.74) is 0. The molecule has 308 valence electrons. The van der Waals surface area contributed by atoms with Crippen LogP contribution in [0.3, 0.4) is 0 Å². The monoisotopic (exact) mass is 757 g/mol. The molecule has 0 amide bonds. The quantitative estimate of drug-likeness (QED) is 0.0294. The number of hydrogen-bond acceptors (Lipinski definition) is 6. The average molecular weight is 757 g/mol. The molecule has 0 saturated carbocycles. The van der Waals surface area contributed by atoms with Crippen LogP contribution >= 0.6 is 0 Å². The maximum Gasteiger partial charge on any atom is 0.362 e. The number of quaternary nitrogens is 1. The van der Waals surface area contributed by atoms with Gasteiger partial charge in [0.05, 0.1) is 34.4 Å². The second kappa shape index (κ2) is 36.7. The highest BCUT2D eigenvalue weighted by Gasteiger charge is 2.31. The van der Waals surface area contributed by atoms with Gasteiger partial charge < -0.3 is 23.8 Å². The summed E-state index contributed by atoms with van der Waals surface area (Å²) in [5.74, 6) is -1.56. The van der Waals surface area contributed by atoms with Gasteiger partial charge in [-0.05, 0) is 70.6 Å². The lowest BCUT2D eigenvalue weighted by Crippen LogP contribution is -2.50. The Kier molecular flexibility index (Phi) is 34.5. The van der Waals surface area contributed by atoms with Crippen LogP contribution in [0.15, 0.2) is 72.9 Å². The van der Waals surface area contributed by atoms with E-state index in [0.717, 1.165) is 77.0 Å². The van der Waals surface area contributed by atoms with E-state index < -0.39 is 18.1 Å². The predicted octanol–water partition coefficient (Wildman–Crippen LogP) is 11.2. The molecule has 8 heteroatoms. The average Bonchev–Trinajstić information content (AvgIpc) is 3.12. The SMILES string of the molecule is CC/C=C/C/C=C/C/C=C/C/C=C/C/C=C/CCCCCCCCCC(=O)OC(COCCC(C(=O)O)[N+](C)(C)C)COC(=O)CC/C=C/CCCCC. The van der Waals surface area contributed by atoms with Crippen LogP contribution in [0.1, 0.15) is 149 Å².